The Balaban J connectivity index is 1.32. The van der Waals surface area contributed by atoms with Crippen molar-refractivity contribution in [2.45, 2.75) is 32.6 Å². The lowest BCUT2D eigenvalue weighted by Crippen LogP contribution is -2.34. The average Bonchev–Trinajstić information content (AvgIpc) is 3.09. The van der Waals surface area contributed by atoms with Crippen molar-refractivity contribution in [1.29, 1.82) is 0 Å². The molecule has 1 fully saturated rings. The topological polar surface area (TPSA) is 59.2 Å². The van der Waals surface area contributed by atoms with Crippen LogP contribution in [0.15, 0.2) is 36.4 Å². The van der Waals surface area contributed by atoms with Gasteiger partial charge in [0.05, 0.1) is 0 Å². The Kier molecular flexibility index (Phi) is 4.11. The highest BCUT2D eigenvalue weighted by atomic mass is 15.6. The van der Waals surface area contributed by atoms with E-state index >= 15 is 0 Å². The molecule has 1 aromatic carbocycles. The minimum Gasteiger partial charge on any atom is -0.355 e. The zero-order valence-electron chi connectivity index (χ0n) is 14.0. The van der Waals surface area contributed by atoms with Gasteiger partial charge in [-0.25, -0.2) is 0 Å². The molecule has 3 aromatic rings. The van der Waals surface area contributed by atoms with Crippen LogP contribution in [-0.2, 0) is 6.42 Å². The Morgan fingerprint density at radius 2 is 1.83 bits per heavy atom. The summed E-state index contributed by atoms with van der Waals surface area (Å²) >= 11 is 0. The van der Waals surface area contributed by atoms with E-state index in [1.807, 2.05) is 12.1 Å². The minimum atomic E-state index is 0.687. The Bertz CT molecular complexity index is 802. The molecule has 2 aromatic heterocycles. The van der Waals surface area contributed by atoms with Crippen molar-refractivity contribution >= 4 is 11.5 Å². The van der Waals surface area contributed by atoms with E-state index in [1.54, 1.807) is 0 Å². The molecular weight excluding hydrogens is 300 g/mol. The summed E-state index contributed by atoms with van der Waals surface area (Å²) in [6.07, 6.45) is 4.90. The van der Waals surface area contributed by atoms with Crippen molar-refractivity contribution in [3.63, 3.8) is 0 Å². The second-order valence-corrected chi connectivity index (χ2v) is 6.67. The number of tetrazole rings is 1. The molecule has 0 amide bonds. The van der Waals surface area contributed by atoms with Crippen molar-refractivity contribution in [3.8, 4) is 0 Å². The molecule has 0 aliphatic carbocycles. The fourth-order valence-corrected chi connectivity index (χ4v) is 3.39. The molecule has 1 saturated heterocycles. The smallest absolute Gasteiger partial charge is 0.200 e. The monoisotopic (exact) mass is 322 g/mol. The Morgan fingerprint density at radius 1 is 1.04 bits per heavy atom. The van der Waals surface area contributed by atoms with E-state index in [0.717, 1.165) is 24.8 Å². The number of hydrogen-bond donors (Lipinski definition) is 0. The zero-order chi connectivity index (χ0) is 16.4. The molecule has 1 aliphatic rings. The quantitative estimate of drug-likeness (QED) is 0.739. The first-order valence-corrected chi connectivity index (χ1v) is 8.64. The third-order valence-electron chi connectivity index (χ3n) is 4.96. The standard InChI is InChI=1S/C18H22N6/c1-14-2-4-15(5-3-14)6-7-16-10-12-23(13-11-16)18-9-8-17-19-21-22-24(17)20-18/h2-5,8-9,16H,6-7,10-13H2,1H3. The number of fused-ring (bicyclic) bond motifs is 1. The highest BCUT2D eigenvalue weighted by Gasteiger charge is 2.20. The first-order valence-electron chi connectivity index (χ1n) is 8.64. The zero-order valence-corrected chi connectivity index (χ0v) is 14.0. The van der Waals surface area contributed by atoms with Crippen LogP contribution in [0.1, 0.15) is 30.4 Å². The van der Waals surface area contributed by atoms with Gasteiger partial charge in [0, 0.05) is 13.1 Å². The summed E-state index contributed by atoms with van der Waals surface area (Å²) < 4.78 is 1.50. The molecule has 0 atom stereocenters. The van der Waals surface area contributed by atoms with Crippen LogP contribution in [0.3, 0.4) is 0 Å². The molecular formula is C18H22N6. The summed E-state index contributed by atoms with van der Waals surface area (Å²) in [5.74, 6) is 1.77. The highest BCUT2D eigenvalue weighted by Crippen LogP contribution is 2.25. The van der Waals surface area contributed by atoms with E-state index in [1.165, 1.54) is 41.4 Å². The van der Waals surface area contributed by atoms with Gasteiger partial charge in [-0.3, -0.25) is 0 Å². The lowest BCUT2D eigenvalue weighted by molar-refractivity contribution is 0.380. The highest BCUT2D eigenvalue weighted by molar-refractivity contribution is 5.44. The molecule has 3 heterocycles. The number of anilines is 1. The van der Waals surface area contributed by atoms with Gasteiger partial charge in [0.1, 0.15) is 0 Å². The molecule has 6 nitrogen and oxygen atoms in total. The molecule has 6 heteroatoms. The summed E-state index contributed by atoms with van der Waals surface area (Å²) in [6, 6.07) is 12.9. The van der Waals surface area contributed by atoms with E-state index < -0.39 is 0 Å². The summed E-state index contributed by atoms with van der Waals surface area (Å²) in [6.45, 7) is 4.25. The Labute approximate surface area is 141 Å². The minimum absolute atomic E-state index is 0.687. The molecule has 124 valence electrons. The number of aryl methyl sites for hydroxylation is 2. The maximum Gasteiger partial charge on any atom is 0.200 e. The number of rotatable bonds is 4. The molecule has 0 bridgehead atoms. The SMILES string of the molecule is Cc1ccc(CCC2CCN(c3ccc4nnnn4n3)CC2)cc1. The number of aromatic nitrogens is 5. The number of hydrogen-bond acceptors (Lipinski definition) is 5. The molecule has 1 aliphatic heterocycles. The maximum absolute atomic E-state index is 4.49. The van der Waals surface area contributed by atoms with Crippen LogP contribution in [0.4, 0.5) is 5.82 Å². The van der Waals surface area contributed by atoms with Gasteiger partial charge in [0.2, 0.25) is 0 Å². The van der Waals surface area contributed by atoms with E-state index in [2.05, 4.69) is 56.7 Å². The van der Waals surface area contributed by atoms with E-state index in [9.17, 15) is 0 Å². The van der Waals surface area contributed by atoms with Gasteiger partial charge in [-0.05, 0) is 66.6 Å². The van der Waals surface area contributed by atoms with Crippen LogP contribution >= 0.6 is 0 Å². The van der Waals surface area contributed by atoms with Crippen LogP contribution in [0.5, 0.6) is 0 Å². The van der Waals surface area contributed by atoms with Crippen molar-refractivity contribution in [3.05, 3.63) is 47.5 Å². The van der Waals surface area contributed by atoms with Gasteiger partial charge in [0.25, 0.3) is 0 Å². The summed E-state index contributed by atoms with van der Waals surface area (Å²) in [5, 5.41) is 15.9. The van der Waals surface area contributed by atoms with Gasteiger partial charge >= 0.3 is 0 Å². The van der Waals surface area contributed by atoms with Crippen molar-refractivity contribution < 1.29 is 0 Å². The molecule has 0 saturated carbocycles. The van der Waals surface area contributed by atoms with Gasteiger partial charge in [0.15, 0.2) is 11.5 Å². The lowest BCUT2D eigenvalue weighted by atomic mass is 9.90. The van der Waals surface area contributed by atoms with Gasteiger partial charge in [-0.1, -0.05) is 29.8 Å². The average molecular weight is 322 g/mol. The molecule has 0 radical (unpaired) electrons. The first-order chi connectivity index (χ1) is 11.8. The predicted molar refractivity (Wildman–Crippen MR) is 93.0 cm³/mol. The number of benzene rings is 1. The summed E-state index contributed by atoms with van der Waals surface area (Å²) in [4.78, 5) is 2.34. The molecule has 24 heavy (non-hydrogen) atoms. The van der Waals surface area contributed by atoms with Crippen LogP contribution < -0.4 is 4.90 Å². The molecule has 0 unspecified atom stereocenters. The third-order valence-corrected chi connectivity index (χ3v) is 4.96. The number of piperidine rings is 1. The first kappa shape index (κ1) is 15.1. The van der Waals surface area contributed by atoms with Crippen LogP contribution in [-0.4, -0.2) is 38.3 Å². The van der Waals surface area contributed by atoms with E-state index in [4.69, 9.17) is 0 Å². The van der Waals surface area contributed by atoms with Crippen LogP contribution in [0.2, 0.25) is 0 Å². The summed E-state index contributed by atoms with van der Waals surface area (Å²) in [7, 11) is 0. The van der Waals surface area contributed by atoms with Crippen LogP contribution in [0.25, 0.3) is 5.65 Å². The second-order valence-electron chi connectivity index (χ2n) is 6.67. The lowest BCUT2D eigenvalue weighted by Gasteiger charge is -2.32. The van der Waals surface area contributed by atoms with Crippen molar-refractivity contribution in [1.82, 2.24) is 25.3 Å². The fraction of sp³-hybridized carbons (Fsp3) is 0.444. The molecule has 0 spiro atoms. The summed E-state index contributed by atoms with van der Waals surface area (Å²) in [5.41, 5.74) is 3.47. The van der Waals surface area contributed by atoms with E-state index in [-0.39, 0.29) is 0 Å². The molecule has 4 rings (SSSR count). The predicted octanol–water partition coefficient (Wildman–Crippen LogP) is 2.68. The molecule has 0 N–H and O–H groups in total. The Morgan fingerprint density at radius 3 is 2.62 bits per heavy atom. The van der Waals surface area contributed by atoms with Crippen LogP contribution in [0, 0.1) is 12.8 Å². The van der Waals surface area contributed by atoms with Gasteiger partial charge in [-0.15, -0.1) is 14.8 Å². The largest absolute Gasteiger partial charge is 0.355 e. The maximum atomic E-state index is 4.49. The fourth-order valence-electron chi connectivity index (χ4n) is 3.39. The second kappa shape index (κ2) is 6.55. The third kappa shape index (κ3) is 3.22. The number of nitrogens with zero attached hydrogens (tertiary/aromatic N) is 6. The van der Waals surface area contributed by atoms with Gasteiger partial charge in [-0.2, -0.15) is 0 Å². The van der Waals surface area contributed by atoms with Crippen molar-refractivity contribution in [2.24, 2.45) is 5.92 Å². The van der Waals surface area contributed by atoms with Crippen molar-refractivity contribution in [2.75, 3.05) is 18.0 Å². The normalized spacial score (nSPS) is 16.0. The van der Waals surface area contributed by atoms with E-state index in [0.29, 0.717) is 5.65 Å². The Hall–Kier alpha value is -2.50. The van der Waals surface area contributed by atoms with Gasteiger partial charge < -0.3 is 4.90 Å².